The van der Waals surface area contributed by atoms with Gasteiger partial charge < -0.3 is 24.1 Å². The Morgan fingerprint density at radius 2 is 1.76 bits per heavy atom. The van der Waals surface area contributed by atoms with E-state index in [9.17, 15) is 22.8 Å². The van der Waals surface area contributed by atoms with E-state index in [1.807, 2.05) is 6.07 Å². The molecule has 42 heavy (non-hydrogen) atoms. The van der Waals surface area contributed by atoms with Crippen LogP contribution in [0.5, 0.6) is 11.6 Å². The van der Waals surface area contributed by atoms with Crippen LogP contribution in [0, 0.1) is 0 Å². The van der Waals surface area contributed by atoms with Crippen LogP contribution in [0.25, 0.3) is 11.4 Å². The average Bonchev–Trinajstić information content (AvgIpc) is 3.39. The molecule has 10 nitrogen and oxygen atoms in total. The van der Waals surface area contributed by atoms with Crippen LogP contribution in [0.1, 0.15) is 37.8 Å². The number of nitrogens with one attached hydrogen (secondary N) is 1. The molecule has 0 bridgehead atoms. The molecule has 0 saturated heterocycles. The fourth-order valence-corrected chi connectivity index (χ4v) is 3.53. The second-order valence-corrected chi connectivity index (χ2v) is 10.0. The van der Waals surface area contributed by atoms with Crippen LogP contribution in [0.15, 0.2) is 77.4 Å². The largest absolute Gasteiger partial charge is 0.459 e. The molecule has 0 spiro atoms. The Kier molecular flexibility index (Phi) is 9.09. The van der Waals surface area contributed by atoms with E-state index in [4.69, 9.17) is 18.7 Å². The monoisotopic (exact) mass is 584 g/mol. The number of carbonyl (C=O) groups is 2. The molecule has 0 aliphatic rings. The van der Waals surface area contributed by atoms with E-state index in [1.165, 1.54) is 0 Å². The quantitative estimate of drug-likeness (QED) is 0.232. The summed E-state index contributed by atoms with van der Waals surface area (Å²) in [7, 11) is 0. The first-order chi connectivity index (χ1) is 19.9. The van der Waals surface area contributed by atoms with Crippen molar-refractivity contribution in [3.05, 3.63) is 89.9 Å². The number of hydrogen-bond donors (Lipinski definition) is 1. The van der Waals surface area contributed by atoms with Gasteiger partial charge in [-0.1, -0.05) is 47.6 Å². The molecule has 0 aliphatic heterocycles. The molecule has 0 saturated carbocycles. The molecule has 2 aromatic heterocycles. The van der Waals surface area contributed by atoms with Gasteiger partial charge in [0.15, 0.2) is 0 Å². The summed E-state index contributed by atoms with van der Waals surface area (Å²) in [5.74, 6) is -0.342. The highest BCUT2D eigenvalue weighted by Gasteiger charge is 2.31. The van der Waals surface area contributed by atoms with Gasteiger partial charge in [0.2, 0.25) is 17.6 Å². The smallest absolute Gasteiger partial charge is 0.417 e. The molecule has 0 unspecified atom stereocenters. The van der Waals surface area contributed by atoms with Crippen LogP contribution < -0.4 is 10.1 Å². The fourth-order valence-electron chi connectivity index (χ4n) is 3.53. The van der Waals surface area contributed by atoms with Gasteiger partial charge in [-0.05, 0) is 44.5 Å². The first-order valence-electron chi connectivity index (χ1n) is 12.7. The molecular formula is C29H27F3N4O6. The Morgan fingerprint density at radius 3 is 2.43 bits per heavy atom. The SMILES string of the molecule is CC(C)(C)OC(=O)N[C@@H](Cc1nc(-c2cccc(Oc3ccc(C(F)(F)F)cn3)c2)no1)C(=O)OCc1ccccc1. The number of alkyl halides is 3. The van der Waals surface area contributed by atoms with Crippen LogP contribution >= 0.6 is 0 Å². The number of halogens is 3. The van der Waals surface area contributed by atoms with Crippen molar-refractivity contribution in [2.75, 3.05) is 0 Å². The van der Waals surface area contributed by atoms with E-state index in [0.29, 0.717) is 11.8 Å². The van der Waals surface area contributed by atoms with Crippen LogP contribution in [0.4, 0.5) is 18.0 Å². The number of ether oxygens (including phenoxy) is 3. The number of aromatic nitrogens is 3. The Bertz CT molecular complexity index is 1500. The maximum atomic E-state index is 12.9. The summed E-state index contributed by atoms with van der Waals surface area (Å²) in [4.78, 5) is 33.4. The second kappa shape index (κ2) is 12.7. The van der Waals surface area contributed by atoms with Gasteiger partial charge in [-0.3, -0.25) is 0 Å². The number of esters is 1. The van der Waals surface area contributed by atoms with Gasteiger partial charge in [0.1, 0.15) is 24.0 Å². The summed E-state index contributed by atoms with van der Waals surface area (Å²) < 4.78 is 60.0. The summed E-state index contributed by atoms with van der Waals surface area (Å²) in [6.45, 7) is 5.04. The molecule has 220 valence electrons. The predicted octanol–water partition coefficient (Wildman–Crippen LogP) is 6.12. The molecule has 1 N–H and O–H groups in total. The van der Waals surface area contributed by atoms with Gasteiger partial charge in [0.05, 0.1) is 12.0 Å². The predicted molar refractivity (Wildman–Crippen MR) is 142 cm³/mol. The van der Waals surface area contributed by atoms with Crippen LogP contribution in [-0.2, 0) is 33.5 Å². The van der Waals surface area contributed by atoms with Gasteiger partial charge in [-0.25, -0.2) is 14.6 Å². The Hall–Kier alpha value is -4.94. The number of rotatable bonds is 9. The van der Waals surface area contributed by atoms with E-state index in [-0.39, 0.29) is 36.4 Å². The van der Waals surface area contributed by atoms with Gasteiger partial charge in [0.25, 0.3) is 0 Å². The van der Waals surface area contributed by atoms with Crippen molar-refractivity contribution in [1.82, 2.24) is 20.4 Å². The number of amides is 1. The second-order valence-electron chi connectivity index (χ2n) is 10.0. The highest BCUT2D eigenvalue weighted by atomic mass is 19.4. The van der Waals surface area contributed by atoms with Gasteiger partial charge >= 0.3 is 18.2 Å². The van der Waals surface area contributed by atoms with Crippen molar-refractivity contribution in [3.8, 4) is 23.0 Å². The van der Waals surface area contributed by atoms with E-state index in [2.05, 4.69) is 20.4 Å². The van der Waals surface area contributed by atoms with Crippen molar-refractivity contribution in [3.63, 3.8) is 0 Å². The summed E-state index contributed by atoms with van der Waals surface area (Å²) in [5, 5.41) is 6.44. The molecular weight excluding hydrogens is 557 g/mol. The number of pyridine rings is 1. The minimum atomic E-state index is -4.51. The molecule has 0 fully saturated rings. The summed E-state index contributed by atoms with van der Waals surface area (Å²) in [6.07, 6.45) is -4.85. The molecule has 2 heterocycles. The van der Waals surface area contributed by atoms with Gasteiger partial charge in [0, 0.05) is 17.8 Å². The van der Waals surface area contributed by atoms with Crippen LogP contribution in [0.2, 0.25) is 0 Å². The summed E-state index contributed by atoms with van der Waals surface area (Å²) in [5.41, 5.74) is -0.483. The third-order valence-electron chi connectivity index (χ3n) is 5.42. The van der Waals surface area contributed by atoms with Crippen molar-refractivity contribution < 1.29 is 41.5 Å². The van der Waals surface area contributed by atoms with Crippen molar-refractivity contribution in [2.24, 2.45) is 0 Å². The van der Waals surface area contributed by atoms with E-state index in [0.717, 1.165) is 17.7 Å². The Labute approximate surface area is 238 Å². The normalized spacial score (nSPS) is 12.3. The van der Waals surface area contributed by atoms with Crippen molar-refractivity contribution >= 4 is 12.1 Å². The Morgan fingerprint density at radius 1 is 1.00 bits per heavy atom. The number of hydrogen-bond acceptors (Lipinski definition) is 9. The molecule has 4 rings (SSSR count). The van der Waals surface area contributed by atoms with E-state index < -0.39 is 35.4 Å². The maximum Gasteiger partial charge on any atom is 0.417 e. The zero-order valence-corrected chi connectivity index (χ0v) is 22.8. The minimum Gasteiger partial charge on any atom is -0.459 e. The molecule has 0 aliphatic carbocycles. The maximum absolute atomic E-state index is 12.9. The van der Waals surface area contributed by atoms with Crippen LogP contribution in [-0.4, -0.2) is 38.8 Å². The lowest BCUT2D eigenvalue weighted by molar-refractivity contribution is -0.147. The van der Waals surface area contributed by atoms with Crippen LogP contribution in [0.3, 0.4) is 0 Å². The van der Waals surface area contributed by atoms with E-state index in [1.54, 1.807) is 69.3 Å². The van der Waals surface area contributed by atoms with Gasteiger partial charge in [-0.2, -0.15) is 18.2 Å². The molecule has 0 radical (unpaired) electrons. The van der Waals surface area contributed by atoms with Gasteiger partial charge in [-0.15, -0.1) is 0 Å². The van der Waals surface area contributed by atoms with Crippen molar-refractivity contribution in [2.45, 2.75) is 51.6 Å². The lowest BCUT2D eigenvalue weighted by Gasteiger charge is -2.22. The zero-order chi connectivity index (χ0) is 30.3. The third kappa shape index (κ3) is 8.78. The number of alkyl carbamates (subject to hydrolysis) is 1. The zero-order valence-electron chi connectivity index (χ0n) is 22.8. The fraction of sp³-hybridized carbons (Fsp3) is 0.276. The molecule has 2 aromatic carbocycles. The molecule has 13 heteroatoms. The number of nitrogens with zero attached hydrogens (tertiary/aromatic N) is 3. The van der Waals surface area contributed by atoms with E-state index >= 15 is 0 Å². The third-order valence-corrected chi connectivity index (χ3v) is 5.42. The molecule has 1 atom stereocenters. The lowest BCUT2D eigenvalue weighted by Crippen LogP contribution is -2.45. The topological polar surface area (TPSA) is 126 Å². The number of carbonyl (C=O) groups excluding carboxylic acids is 2. The Balaban J connectivity index is 1.46. The first kappa shape index (κ1) is 30.0. The van der Waals surface area contributed by atoms with Crippen molar-refractivity contribution in [1.29, 1.82) is 0 Å². The molecule has 1 amide bonds. The number of benzene rings is 2. The summed E-state index contributed by atoms with van der Waals surface area (Å²) >= 11 is 0. The average molecular weight is 585 g/mol. The highest BCUT2D eigenvalue weighted by molar-refractivity contribution is 5.81. The first-order valence-corrected chi connectivity index (χ1v) is 12.7. The minimum absolute atomic E-state index is 0.0121. The molecule has 4 aromatic rings. The lowest BCUT2D eigenvalue weighted by atomic mass is 10.2. The summed E-state index contributed by atoms with van der Waals surface area (Å²) in [6, 6.07) is 16.2. The highest BCUT2D eigenvalue weighted by Crippen LogP contribution is 2.30. The standard InChI is InChI=1S/C29H27F3N4O6/c1-28(2,3)41-27(38)34-22(26(37)39-17-18-8-5-4-6-9-18)15-24-35-25(36-42-24)19-10-7-11-21(14-19)40-23-13-12-20(16-33-23)29(30,31)32/h4-14,16,22H,15,17H2,1-3H3,(H,34,38)/t22-/m0/s1.